The van der Waals surface area contributed by atoms with E-state index in [0.29, 0.717) is 23.5 Å². The highest BCUT2D eigenvalue weighted by Gasteiger charge is 2.27. The van der Waals surface area contributed by atoms with E-state index in [0.717, 1.165) is 47.0 Å². The van der Waals surface area contributed by atoms with Gasteiger partial charge in [-0.2, -0.15) is 10.2 Å². The lowest BCUT2D eigenvalue weighted by Gasteiger charge is -2.12. The summed E-state index contributed by atoms with van der Waals surface area (Å²) in [6, 6.07) is 3.86. The molecular formula is C41H58N8O2. The highest BCUT2D eigenvalue weighted by atomic mass is 16.2. The fourth-order valence-corrected chi connectivity index (χ4v) is 4.81. The van der Waals surface area contributed by atoms with Crippen LogP contribution in [-0.4, -0.2) is 43.6 Å². The van der Waals surface area contributed by atoms with E-state index in [1.807, 2.05) is 96.2 Å². The van der Waals surface area contributed by atoms with Crippen LogP contribution in [0.2, 0.25) is 0 Å². The molecule has 0 saturated heterocycles. The lowest BCUT2D eigenvalue weighted by Crippen LogP contribution is -2.22. The van der Waals surface area contributed by atoms with E-state index < -0.39 is 0 Å². The summed E-state index contributed by atoms with van der Waals surface area (Å²) < 4.78 is 0. The van der Waals surface area contributed by atoms with Crippen molar-refractivity contribution in [2.75, 3.05) is 10.6 Å². The van der Waals surface area contributed by atoms with E-state index in [-0.39, 0.29) is 24.2 Å². The number of allylic oxidation sites excluding steroid dienone is 10. The Bertz CT molecular complexity index is 1720. The van der Waals surface area contributed by atoms with Gasteiger partial charge in [0.15, 0.2) is 11.6 Å². The number of amides is 2. The molecule has 1 unspecified atom stereocenters. The molecule has 10 nitrogen and oxygen atoms in total. The van der Waals surface area contributed by atoms with Crippen LogP contribution in [0.1, 0.15) is 130 Å². The number of carbonyl (C=O) groups is 2. The molecule has 2 aromatic heterocycles. The van der Waals surface area contributed by atoms with Crippen LogP contribution in [0.3, 0.4) is 0 Å². The highest BCUT2D eigenvalue weighted by molar-refractivity contribution is 5.98. The molecule has 2 aliphatic rings. The van der Waals surface area contributed by atoms with Crippen molar-refractivity contribution in [2.45, 2.75) is 119 Å². The molecule has 2 aliphatic carbocycles. The zero-order valence-corrected chi connectivity index (χ0v) is 32.1. The molecule has 0 radical (unpaired) electrons. The van der Waals surface area contributed by atoms with Crippen molar-refractivity contribution in [3.05, 3.63) is 94.7 Å². The van der Waals surface area contributed by atoms with Gasteiger partial charge in [-0.15, -0.1) is 0 Å². The van der Waals surface area contributed by atoms with E-state index >= 15 is 0 Å². The van der Waals surface area contributed by atoms with Gasteiger partial charge in [0, 0.05) is 58.2 Å². The lowest BCUT2D eigenvalue weighted by atomic mass is 10.1. The number of anilines is 2. The fourth-order valence-electron chi connectivity index (χ4n) is 4.81. The number of aromatic amines is 2. The molecule has 4 rings (SSSR count). The van der Waals surface area contributed by atoms with Crippen LogP contribution in [0.15, 0.2) is 93.3 Å². The van der Waals surface area contributed by atoms with Gasteiger partial charge in [0.05, 0.1) is 12.3 Å². The number of nitrogens with zero attached hydrogens (tertiary/aromatic N) is 4. The number of carbonyl (C=O) groups excluding carboxylic acids is 2. The van der Waals surface area contributed by atoms with E-state index in [1.165, 1.54) is 36.8 Å². The molecule has 0 bridgehead atoms. The van der Waals surface area contributed by atoms with Gasteiger partial charge >= 0.3 is 0 Å². The monoisotopic (exact) mass is 694 g/mol. The number of nitrogens with one attached hydrogen (secondary N) is 4. The summed E-state index contributed by atoms with van der Waals surface area (Å²) in [6.07, 6.45) is 22.6. The Labute approximate surface area is 304 Å². The topological polar surface area (TPSA) is 140 Å². The minimum atomic E-state index is -0.348. The van der Waals surface area contributed by atoms with E-state index in [4.69, 9.17) is 4.99 Å². The number of rotatable bonds is 16. The van der Waals surface area contributed by atoms with Crippen LogP contribution in [0.4, 0.5) is 11.6 Å². The first kappa shape index (κ1) is 40.6. The van der Waals surface area contributed by atoms with Gasteiger partial charge in [0.25, 0.3) is 0 Å². The van der Waals surface area contributed by atoms with Crippen molar-refractivity contribution in [1.29, 1.82) is 0 Å². The highest BCUT2D eigenvalue weighted by Crippen LogP contribution is 2.40. The molecule has 4 N–H and O–H groups in total. The van der Waals surface area contributed by atoms with Crippen LogP contribution in [0.25, 0.3) is 0 Å². The third kappa shape index (κ3) is 14.1. The maximum absolute atomic E-state index is 12.6. The molecular weight excluding hydrogens is 637 g/mol. The largest absolute Gasteiger partial charge is 0.309 e. The summed E-state index contributed by atoms with van der Waals surface area (Å²) in [4.78, 5) is 34.2. The summed E-state index contributed by atoms with van der Waals surface area (Å²) in [5.74, 6) is 1.80. The quantitative estimate of drug-likeness (QED) is 0.103. The molecule has 0 spiro atoms. The second-order valence-electron chi connectivity index (χ2n) is 13.0. The van der Waals surface area contributed by atoms with Gasteiger partial charge in [-0.3, -0.25) is 29.8 Å². The van der Waals surface area contributed by atoms with Crippen molar-refractivity contribution in [2.24, 2.45) is 15.9 Å². The second-order valence-corrected chi connectivity index (χ2v) is 13.0. The van der Waals surface area contributed by atoms with E-state index in [2.05, 4.69) is 62.9 Å². The normalized spacial score (nSPS) is 17.1. The summed E-state index contributed by atoms with van der Waals surface area (Å²) in [5, 5.41) is 20.1. The average molecular weight is 695 g/mol. The predicted octanol–water partition coefficient (Wildman–Crippen LogP) is 10.0. The molecule has 0 aliphatic heterocycles. The van der Waals surface area contributed by atoms with Gasteiger partial charge in [-0.05, 0) is 99.1 Å². The van der Waals surface area contributed by atoms with Gasteiger partial charge in [0.2, 0.25) is 11.8 Å². The van der Waals surface area contributed by atoms with Crippen molar-refractivity contribution >= 4 is 34.9 Å². The SMILES string of the molecule is C\C=C(C)/C=C\C(CC)=N/C(=C\C)C(C)C(=O)Nc1cc(C2CC2)[nH]n1.C\C=C(C)/C=C\C(CC)=N/C(=C\C)CC(=O)Nc1cc(C2CC2)[nH]n1. The molecule has 2 heterocycles. The van der Waals surface area contributed by atoms with Crippen molar-refractivity contribution < 1.29 is 9.59 Å². The molecule has 51 heavy (non-hydrogen) atoms. The van der Waals surface area contributed by atoms with E-state index in [9.17, 15) is 9.59 Å². The molecule has 2 fully saturated rings. The van der Waals surface area contributed by atoms with Crippen LogP contribution in [0.5, 0.6) is 0 Å². The Morgan fingerprint density at radius 1 is 0.765 bits per heavy atom. The van der Waals surface area contributed by atoms with Crippen LogP contribution >= 0.6 is 0 Å². The minimum absolute atomic E-state index is 0.0974. The number of aliphatic imine (C=N–C) groups is 2. The van der Waals surface area contributed by atoms with Crippen molar-refractivity contribution in [3.63, 3.8) is 0 Å². The third-order valence-electron chi connectivity index (χ3n) is 8.83. The Hall–Kier alpha value is -4.86. The Morgan fingerprint density at radius 3 is 1.69 bits per heavy atom. The van der Waals surface area contributed by atoms with Gasteiger partial charge in [-0.25, -0.2) is 0 Å². The summed E-state index contributed by atoms with van der Waals surface area (Å²) in [5.41, 5.74) is 8.02. The molecule has 2 saturated carbocycles. The van der Waals surface area contributed by atoms with Crippen LogP contribution in [-0.2, 0) is 9.59 Å². The van der Waals surface area contributed by atoms with Crippen molar-refractivity contribution in [1.82, 2.24) is 20.4 Å². The Kier molecular flexibility index (Phi) is 16.5. The summed E-state index contributed by atoms with van der Waals surface area (Å²) >= 11 is 0. The standard InChI is InChI=1S/C21H30N4O.C20H28N4O/c1-6-14(4)9-12-17(7-2)22-18(8-3)15(5)21(26)23-20-13-19(24-25-20)16-10-11-16;1-5-14(4)8-11-16(6-2)21-17(7-3)12-20(25)22-19-13-18(23-24-19)15-9-10-15/h6,8-9,12-13,15-16H,7,10-11H2,1-5H3,(H2,23,24,25,26);5,7-8,11,13,15H,6,9-10,12H2,1-4H3,(H2,22,23,24,25)/b12-9-,14-6-,18-8-,22-17-;11-8-,14-5-,17-7-,21-16-. The maximum Gasteiger partial charge on any atom is 0.234 e. The Balaban J connectivity index is 0.000000276. The molecule has 2 aromatic rings. The van der Waals surface area contributed by atoms with E-state index in [1.54, 1.807) is 0 Å². The first-order chi connectivity index (χ1) is 24.5. The number of hydrogen-bond acceptors (Lipinski definition) is 6. The first-order valence-corrected chi connectivity index (χ1v) is 18.3. The van der Waals surface area contributed by atoms with Gasteiger partial charge in [0.1, 0.15) is 0 Å². The third-order valence-corrected chi connectivity index (χ3v) is 8.83. The van der Waals surface area contributed by atoms with Gasteiger partial charge < -0.3 is 10.6 Å². The van der Waals surface area contributed by atoms with Gasteiger partial charge in [-0.1, -0.05) is 61.4 Å². The average Bonchev–Trinajstić information content (AvgIpc) is 4.08. The first-order valence-electron chi connectivity index (χ1n) is 18.3. The molecule has 10 heteroatoms. The maximum atomic E-state index is 12.6. The number of hydrogen-bond donors (Lipinski definition) is 4. The Morgan fingerprint density at radius 2 is 1.25 bits per heavy atom. The lowest BCUT2D eigenvalue weighted by molar-refractivity contribution is -0.118. The zero-order valence-electron chi connectivity index (χ0n) is 32.1. The molecule has 274 valence electrons. The predicted molar refractivity (Wildman–Crippen MR) is 212 cm³/mol. The summed E-state index contributed by atoms with van der Waals surface area (Å²) in [7, 11) is 0. The number of H-pyrrole nitrogens is 2. The second kappa shape index (κ2) is 20.7. The molecule has 1 atom stereocenters. The number of aromatic nitrogens is 4. The smallest absolute Gasteiger partial charge is 0.234 e. The zero-order chi connectivity index (χ0) is 37.3. The minimum Gasteiger partial charge on any atom is -0.309 e. The summed E-state index contributed by atoms with van der Waals surface area (Å²) in [6.45, 7) is 17.9. The van der Waals surface area contributed by atoms with Crippen LogP contribution < -0.4 is 10.6 Å². The van der Waals surface area contributed by atoms with Crippen LogP contribution in [0, 0.1) is 5.92 Å². The fraction of sp³-hybridized carbons (Fsp3) is 0.463. The van der Waals surface area contributed by atoms with Crippen molar-refractivity contribution in [3.8, 4) is 0 Å². The molecule has 0 aromatic carbocycles. The molecule has 2 amide bonds.